The second kappa shape index (κ2) is 11.9. The number of para-hydroxylation sites is 2. The molecule has 9 rings (SSSR count). The Balaban J connectivity index is 0.00000324. The molecule has 5 heterocycles. The Bertz CT molecular complexity index is 2530. The first-order valence-corrected chi connectivity index (χ1v) is 16.0. The molecule has 47 heavy (non-hydrogen) atoms. The van der Waals surface area contributed by atoms with Crippen LogP contribution in [0.25, 0.3) is 83.4 Å². The van der Waals surface area contributed by atoms with Crippen LogP contribution in [0.2, 0.25) is 0 Å². The number of nitrogens with zero attached hydrogens (tertiary/aromatic N) is 5. The Morgan fingerprint density at radius 2 is 1.60 bits per heavy atom. The summed E-state index contributed by atoms with van der Waals surface area (Å²) in [5, 5.41) is 6.59. The number of aryl methyl sites for hydroxylation is 1. The summed E-state index contributed by atoms with van der Waals surface area (Å²) in [6.07, 6.45) is 5.51. The summed E-state index contributed by atoms with van der Waals surface area (Å²) in [5.41, 5.74) is 12.2. The molecule has 0 aliphatic heterocycles. The zero-order chi connectivity index (χ0) is 30.6. The van der Waals surface area contributed by atoms with Gasteiger partial charge in [0.1, 0.15) is 0 Å². The van der Waals surface area contributed by atoms with Crippen LogP contribution in [0.15, 0.2) is 132 Å². The van der Waals surface area contributed by atoms with Gasteiger partial charge in [0.2, 0.25) is 0 Å². The fourth-order valence-electron chi connectivity index (χ4n) is 6.41. The van der Waals surface area contributed by atoms with E-state index in [1.807, 2.05) is 36.7 Å². The number of hydrogen-bond donors (Lipinski definition) is 0. The summed E-state index contributed by atoms with van der Waals surface area (Å²) in [7, 11) is 2.07. The minimum atomic E-state index is 0. The molecule has 0 fully saturated rings. The van der Waals surface area contributed by atoms with Crippen molar-refractivity contribution in [3.05, 3.63) is 145 Å². The molecule has 7 heteroatoms. The smallest absolute Gasteiger partial charge is 0.367 e. The number of pyridine rings is 2. The third kappa shape index (κ3) is 4.93. The molecule has 0 saturated carbocycles. The van der Waals surface area contributed by atoms with Gasteiger partial charge in [-0.15, -0.1) is 47.5 Å². The first-order chi connectivity index (χ1) is 22.7. The Labute approximate surface area is 290 Å². The number of benzene rings is 4. The molecular weight excluding hydrogens is 778 g/mol. The maximum atomic E-state index is 5.20. The van der Waals surface area contributed by atoms with Crippen molar-refractivity contribution in [3.8, 4) is 50.6 Å². The molecule has 5 aromatic heterocycles. The maximum absolute atomic E-state index is 5.20. The Morgan fingerprint density at radius 1 is 0.702 bits per heavy atom. The summed E-state index contributed by atoms with van der Waals surface area (Å²) >= 11 is 1.70. The van der Waals surface area contributed by atoms with Gasteiger partial charge in [0.25, 0.3) is 0 Å². The van der Waals surface area contributed by atoms with Gasteiger partial charge in [-0.3, -0.25) is 9.97 Å². The molecule has 4 aromatic carbocycles. The molecule has 226 valence electrons. The third-order valence-electron chi connectivity index (χ3n) is 8.60. The van der Waals surface area contributed by atoms with Crippen molar-refractivity contribution in [2.24, 2.45) is 7.05 Å². The van der Waals surface area contributed by atoms with Crippen LogP contribution in [0.5, 0.6) is 0 Å². The van der Waals surface area contributed by atoms with E-state index in [1.54, 1.807) is 17.5 Å². The second-order valence-corrected chi connectivity index (χ2v) is 12.1. The van der Waals surface area contributed by atoms with Gasteiger partial charge >= 0.3 is 21.1 Å². The molecule has 0 bridgehead atoms. The van der Waals surface area contributed by atoms with Crippen LogP contribution in [-0.2, 0) is 28.1 Å². The van der Waals surface area contributed by atoms with Gasteiger partial charge in [-0.1, -0.05) is 59.5 Å². The van der Waals surface area contributed by atoms with E-state index in [4.69, 9.17) is 4.98 Å². The Hall–Kier alpha value is -5.16. The van der Waals surface area contributed by atoms with Crippen molar-refractivity contribution in [2.45, 2.75) is 0 Å². The molecule has 0 unspecified atom stereocenters. The monoisotopic (exact) mass is 802 g/mol. The summed E-state index contributed by atoms with van der Waals surface area (Å²) in [5.74, 6) is 0.857. The first kappa shape index (κ1) is 29.3. The number of rotatable bonds is 5. The number of fused-ring (bicyclic) bond motifs is 4. The fraction of sp³-hybridized carbons (Fsp3) is 0.0250. The molecule has 0 radical (unpaired) electrons. The van der Waals surface area contributed by atoms with Crippen molar-refractivity contribution in [3.63, 3.8) is 0 Å². The largest absolute Gasteiger partial charge is 2.00 e. The quantitative estimate of drug-likeness (QED) is 0.163. The predicted octanol–water partition coefficient (Wildman–Crippen LogP) is 9.79. The number of aromatic nitrogens is 5. The van der Waals surface area contributed by atoms with E-state index >= 15 is 0 Å². The van der Waals surface area contributed by atoms with Crippen LogP contribution < -0.4 is 0 Å². The topological polar surface area (TPSA) is 48.5 Å². The molecule has 0 aliphatic carbocycles. The van der Waals surface area contributed by atoms with Crippen LogP contribution >= 0.6 is 11.3 Å². The van der Waals surface area contributed by atoms with E-state index in [9.17, 15) is 0 Å². The Kier molecular flexibility index (Phi) is 7.40. The van der Waals surface area contributed by atoms with Gasteiger partial charge in [0, 0.05) is 42.3 Å². The van der Waals surface area contributed by atoms with Gasteiger partial charge in [-0.25, -0.2) is 0 Å². The van der Waals surface area contributed by atoms with Crippen LogP contribution in [0.3, 0.4) is 0 Å². The van der Waals surface area contributed by atoms with Crippen molar-refractivity contribution < 1.29 is 21.1 Å². The molecule has 0 amide bonds. The predicted molar refractivity (Wildman–Crippen MR) is 188 cm³/mol. The van der Waals surface area contributed by atoms with Gasteiger partial charge < -0.3 is 14.1 Å². The van der Waals surface area contributed by atoms with E-state index < -0.39 is 0 Å². The van der Waals surface area contributed by atoms with Gasteiger partial charge in [-0.2, -0.15) is 11.3 Å². The second-order valence-electron chi connectivity index (χ2n) is 11.3. The first-order valence-electron chi connectivity index (χ1n) is 15.1. The summed E-state index contributed by atoms with van der Waals surface area (Å²) in [4.78, 5) is 14.2. The van der Waals surface area contributed by atoms with Gasteiger partial charge in [-0.05, 0) is 68.9 Å². The van der Waals surface area contributed by atoms with E-state index in [0.717, 1.165) is 77.9 Å². The minimum absolute atomic E-state index is 0. The molecule has 0 saturated heterocycles. The molecule has 5 nitrogen and oxygen atoms in total. The van der Waals surface area contributed by atoms with Crippen molar-refractivity contribution in [1.29, 1.82) is 0 Å². The van der Waals surface area contributed by atoms with Crippen molar-refractivity contribution in [1.82, 2.24) is 24.1 Å². The SMILES string of the molecule is Cn1c(-c2[c-]c3c(cc2)c2ccccc2n3-c2[c-]c(-c3ccccn3)cc(-c3ccsc3)c2)nc2c(-c3cccnc3)cccc21.[Pt+2]. The summed E-state index contributed by atoms with van der Waals surface area (Å²) in [6, 6.07) is 43.3. The van der Waals surface area contributed by atoms with E-state index in [0.29, 0.717) is 0 Å². The minimum Gasteiger partial charge on any atom is -0.367 e. The van der Waals surface area contributed by atoms with E-state index in [1.165, 1.54) is 5.56 Å². The van der Waals surface area contributed by atoms with Crippen LogP contribution in [0, 0.1) is 12.1 Å². The third-order valence-corrected chi connectivity index (χ3v) is 9.28. The van der Waals surface area contributed by atoms with Gasteiger partial charge in [0.15, 0.2) is 0 Å². The summed E-state index contributed by atoms with van der Waals surface area (Å²) in [6.45, 7) is 0. The Morgan fingerprint density at radius 3 is 2.43 bits per heavy atom. The molecule has 0 N–H and O–H groups in total. The molecular formula is C40H25N5PtS. The molecule has 0 aliphatic rings. The normalized spacial score (nSPS) is 11.3. The van der Waals surface area contributed by atoms with Crippen molar-refractivity contribution in [2.75, 3.05) is 0 Å². The number of thiophene rings is 1. The van der Waals surface area contributed by atoms with Crippen LogP contribution in [0.4, 0.5) is 0 Å². The van der Waals surface area contributed by atoms with E-state index in [2.05, 4.69) is 128 Å². The average molecular weight is 803 g/mol. The number of imidazole rings is 1. The molecule has 9 aromatic rings. The molecule has 0 spiro atoms. The van der Waals surface area contributed by atoms with Crippen LogP contribution in [-0.4, -0.2) is 24.1 Å². The number of hydrogen-bond acceptors (Lipinski definition) is 4. The van der Waals surface area contributed by atoms with Crippen LogP contribution in [0.1, 0.15) is 0 Å². The average Bonchev–Trinajstić information content (AvgIpc) is 3.86. The standard InChI is InChI=1S/C40H25N5S.Pt/c1-44-37-13-6-10-32(27-8-7-17-41-24-27)39(37)43-40(44)26-14-15-34-33-9-2-3-12-36(33)45(38(34)23-26)31-21-29(28-16-19-46-25-28)20-30(22-31)35-11-4-5-18-42-35;/h2-21,24-25H,1H3;/q-2;+2. The van der Waals surface area contributed by atoms with Crippen molar-refractivity contribution >= 4 is 44.2 Å². The zero-order valence-corrected chi connectivity index (χ0v) is 28.3. The maximum Gasteiger partial charge on any atom is 2.00 e. The fourth-order valence-corrected chi connectivity index (χ4v) is 7.08. The van der Waals surface area contributed by atoms with Gasteiger partial charge in [0.05, 0.1) is 16.9 Å². The summed E-state index contributed by atoms with van der Waals surface area (Å²) < 4.78 is 4.43. The van der Waals surface area contributed by atoms with E-state index in [-0.39, 0.29) is 21.1 Å². The molecule has 0 atom stereocenters. The zero-order valence-electron chi connectivity index (χ0n) is 25.2.